The Hall–Kier alpha value is -1.59. The van der Waals surface area contributed by atoms with Crippen LogP contribution in [0.1, 0.15) is 35.2 Å². The Morgan fingerprint density at radius 3 is 2.67 bits per heavy atom. The number of benzene rings is 1. The molecule has 2 atom stereocenters. The molecule has 0 spiro atoms. The molecule has 1 amide bonds. The van der Waals surface area contributed by atoms with Crippen LogP contribution in [0.15, 0.2) is 18.2 Å². The van der Waals surface area contributed by atoms with E-state index >= 15 is 0 Å². The monoisotopic (exact) mass is 332 g/mol. The fourth-order valence-corrected chi connectivity index (χ4v) is 3.85. The molecule has 0 bridgehead atoms. The lowest BCUT2D eigenvalue weighted by Crippen LogP contribution is -2.42. The van der Waals surface area contributed by atoms with E-state index in [1.54, 1.807) is 14.2 Å². The van der Waals surface area contributed by atoms with Gasteiger partial charge in [0.2, 0.25) is 0 Å². The normalized spacial score (nSPS) is 24.5. The molecule has 0 aromatic heterocycles. The molecule has 132 valence electrons. The van der Waals surface area contributed by atoms with E-state index in [1.807, 2.05) is 30.0 Å². The van der Waals surface area contributed by atoms with Crippen molar-refractivity contribution in [2.24, 2.45) is 0 Å². The SMILES string of the molecule is COc1cc(C(=O)N2C[C@@H](OC)C[C@H]2CN2CCCC2)ccc1C. The zero-order chi connectivity index (χ0) is 17.1. The number of carbonyl (C=O) groups is 1. The number of carbonyl (C=O) groups excluding carboxylic acids is 1. The highest BCUT2D eigenvalue weighted by molar-refractivity contribution is 5.95. The molecule has 1 aromatic rings. The summed E-state index contributed by atoms with van der Waals surface area (Å²) in [6.45, 7) is 5.90. The van der Waals surface area contributed by atoms with Crippen molar-refractivity contribution in [1.82, 2.24) is 9.80 Å². The van der Waals surface area contributed by atoms with Crippen molar-refractivity contribution in [3.63, 3.8) is 0 Å². The maximum absolute atomic E-state index is 13.1. The molecule has 0 aliphatic carbocycles. The summed E-state index contributed by atoms with van der Waals surface area (Å²) in [6.07, 6.45) is 3.59. The summed E-state index contributed by atoms with van der Waals surface area (Å²) < 4.78 is 10.9. The van der Waals surface area contributed by atoms with Gasteiger partial charge in [0, 0.05) is 31.8 Å². The standard InChI is InChI=1S/C19H28N2O3/c1-14-6-7-15(10-18(14)24-3)19(22)21-13-17(23-2)11-16(21)12-20-8-4-5-9-20/h6-7,10,16-17H,4-5,8-9,11-13H2,1-3H3/t16-,17-/m0/s1. The quantitative estimate of drug-likeness (QED) is 0.830. The Morgan fingerprint density at radius 2 is 2.00 bits per heavy atom. The van der Waals surface area contributed by atoms with Gasteiger partial charge in [-0.3, -0.25) is 4.79 Å². The predicted octanol–water partition coefficient (Wildman–Crippen LogP) is 2.33. The van der Waals surface area contributed by atoms with E-state index in [9.17, 15) is 4.79 Å². The highest BCUT2D eigenvalue weighted by Gasteiger charge is 2.37. The van der Waals surface area contributed by atoms with E-state index < -0.39 is 0 Å². The maximum atomic E-state index is 13.1. The first-order valence-electron chi connectivity index (χ1n) is 8.83. The molecule has 0 radical (unpaired) electrons. The van der Waals surface area contributed by atoms with E-state index in [0.717, 1.165) is 37.4 Å². The van der Waals surface area contributed by atoms with Crippen molar-refractivity contribution in [3.8, 4) is 5.75 Å². The third-order valence-corrected chi connectivity index (χ3v) is 5.29. The molecule has 2 saturated heterocycles. The van der Waals surface area contributed by atoms with Crippen LogP contribution in [0.4, 0.5) is 0 Å². The van der Waals surface area contributed by atoms with Crippen LogP contribution >= 0.6 is 0 Å². The minimum absolute atomic E-state index is 0.0806. The number of aryl methyl sites for hydroxylation is 1. The average molecular weight is 332 g/mol. The third-order valence-electron chi connectivity index (χ3n) is 5.29. The van der Waals surface area contributed by atoms with Crippen molar-refractivity contribution in [2.45, 2.75) is 38.3 Å². The summed E-state index contributed by atoms with van der Waals surface area (Å²) >= 11 is 0. The van der Waals surface area contributed by atoms with E-state index in [4.69, 9.17) is 9.47 Å². The minimum atomic E-state index is 0.0806. The summed E-state index contributed by atoms with van der Waals surface area (Å²) in [5.74, 6) is 0.844. The molecule has 3 rings (SSSR count). The number of likely N-dealkylation sites (tertiary alicyclic amines) is 2. The van der Waals surface area contributed by atoms with Gasteiger partial charge in [-0.25, -0.2) is 0 Å². The largest absolute Gasteiger partial charge is 0.496 e. The Kier molecular flexibility index (Phi) is 5.41. The van der Waals surface area contributed by atoms with Crippen molar-refractivity contribution in [2.75, 3.05) is 40.4 Å². The average Bonchev–Trinajstić information content (AvgIpc) is 3.24. The highest BCUT2D eigenvalue weighted by atomic mass is 16.5. The summed E-state index contributed by atoms with van der Waals surface area (Å²) in [5, 5.41) is 0. The minimum Gasteiger partial charge on any atom is -0.496 e. The van der Waals surface area contributed by atoms with Gasteiger partial charge in [0.05, 0.1) is 13.2 Å². The lowest BCUT2D eigenvalue weighted by atomic mass is 10.1. The van der Waals surface area contributed by atoms with Crippen LogP contribution in [0.5, 0.6) is 5.75 Å². The van der Waals surface area contributed by atoms with Crippen LogP contribution in [0.2, 0.25) is 0 Å². The second-order valence-corrected chi connectivity index (χ2v) is 6.90. The first kappa shape index (κ1) is 17.2. The van der Waals surface area contributed by atoms with Gasteiger partial charge in [-0.2, -0.15) is 0 Å². The lowest BCUT2D eigenvalue weighted by molar-refractivity contribution is 0.0670. The molecular formula is C19H28N2O3. The Morgan fingerprint density at radius 1 is 1.25 bits per heavy atom. The summed E-state index contributed by atoms with van der Waals surface area (Å²) in [7, 11) is 3.38. The van der Waals surface area contributed by atoms with Gasteiger partial charge in [0.1, 0.15) is 5.75 Å². The smallest absolute Gasteiger partial charge is 0.254 e. The van der Waals surface area contributed by atoms with Gasteiger partial charge in [-0.15, -0.1) is 0 Å². The first-order chi connectivity index (χ1) is 11.6. The molecule has 2 heterocycles. The van der Waals surface area contributed by atoms with Crippen LogP contribution in [-0.4, -0.2) is 68.3 Å². The van der Waals surface area contributed by atoms with E-state index in [1.165, 1.54) is 12.8 Å². The van der Waals surface area contributed by atoms with Crippen molar-refractivity contribution in [1.29, 1.82) is 0 Å². The van der Waals surface area contributed by atoms with Crippen molar-refractivity contribution in [3.05, 3.63) is 29.3 Å². The fraction of sp³-hybridized carbons (Fsp3) is 0.632. The molecule has 5 heteroatoms. The van der Waals surface area contributed by atoms with E-state index in [2.05, 4.69) is 4.90 Å². The zero-order valence-electron chi connectivity index (χ0n) is 15.0. The Bertz CT molecular complexity index is 584. The summed E-state index contributed by atoms with van der Waals surface area (Å²) in [5.41, 5.74) is 1.74. The molecule has 2 fully saturated rings. The van der Waals surface area contributed by atoms with Crippen molar-refractivity contribution < 1.29 is 14.3 Å². The van der Waals surface area contributed by atoms with Gasteiger partial charge < -0.3 is 19.3 Å². The Balaban J connectivity index is 1.77. The number of hydrogen-bond acceptors (Lipinski definition) is 4. The summed E-state index contributed by atoms with van der Waals surface area (Å²) in [6, 6.07) is 5.93. The molecular weight excluding hydrogens is 304 g/mol. The number of methoxy groups -OCH3 is 2. The topological polar surface area (TPSA) is 42.0 Å². The molecule has 24 heavy (non-hydrogen) atoms. The molecule has 0 N–H and O–H groups in total. The van der Waals surface area contributed by atoms with E-state index in [-0.39, 0.29) is 18.1 Å². The van der Waals surface area contributed by atoms with E-state index in [0.29, 0.717) is 12.1 Å². The molecule has 0 saturated carbocycles. The molecule has 5 nitrogen and oxygen atoms in total. The van der Waals surface area contributed by atoms with Crippen LogP contribution in [0, 0.1) is 6.92 Å². The van der Waals surface area contributed by atoms with Crippen LogP contribution in [-0.2, 0) is 4.74 Å². The molecule has 0 unspecified atom stereocenters. The third kappa shape index (κ3) is 3.57. The number of amides is 1. The predicted molar refractivity (Wildman–Crippen MR) is 93.6 cm³/mol. The molecule has 1 aromatic carbocycles. The maximum Gasteiger partial charge on any atom is 0.254 e. The number of nitrogens with zero attached hydrogens (tertiary/aromatic N) is 2. The first-order valence-corrected chi connectivity index (χ1v) is 8.83. The van der Waals surface area contributed by atoms with Crippen LogP contribution in [0.3, 0.4) is 0 Å². The van der Waals surface area contributed by atoms with Gasteiger partial charge in [0.25, 0.3) is 5.91 Å². The second kappa shape index (κ2) is 7.53. The van der Waals surface area contributed by atoms with Gasteiger partial charge in [0.15, 0.2) is 0 Å². The van der Waals surface area contributed by atoms with Crippen LogP contribution < -0.4 is 4.74 Å². The highest BCUT2D eigenvalue weighted by Crippen LogP contribution is 2.26. The number of ether oxygens (including phenoxy) is 2. The molecule has 2 aliphatic heterocycles. The van der Waals surface area contributed by atoms with Gasteiger partial charge in [-0.05, 0) is 57.0 Å². The second-order valence-electron chi connectivity index (χ2n) is 6.90. The molecule has 2 aliphatic rings. The van der Waals surface area contributed by atoms with Crippen LogP contribution in [0.25, 0.3) is 0 Å². The number of rotatable bonds is 5. The summed E-state index contributed by atoms with van der Waals surface area (Å²) in [4.78, 5) is 17.5. The van der Waals surface area contributed by atoms with Gasteiger partial charge >= 0.3 is 0 Å². The number of hydrogen-bond donors (Lipinski definition) is 0. The Labute approximate surface area is 144 Å². The van der Waals surface area contributed by atoms with Crippen molar-refractivity contribution >= 4 is 5.91 Å². The lowest BCUT2D eigenvalue weighted by Gasteiger charge is -2.28. The van der Waals surface area contributed by atoms with Gasteiger partial charge in [-0.1, -0.05) is 6.07 Å². The zero-order valence-corrected chi connectivity index (χ0v) is 15.0. The fourth-order valence-electron chi connectivity index (χ4n) is 3.85.